The van der Waals surface area contributed by atoms with Crippen molar-refractivity contribution in [2.75, 3.05) is 26.2 Å². The fourth-order valence-corrected chi connectivity index (χ4v) is 5.43. The zero-order valence-corrected chi connectivity index (χ0v) is 16.2. The summed E-state index contributed by atoms with van der Waals surface area (Å²) in [6.07, 6.45) is -0.000563. The van der Waals surface area contributed by atoms with Crippen LogP contribution in [0.2, 0.25) is 0 Å². The summed E-state index contributed by atoms with van der Waals surface area (Å²) < 4.78 is 32.7. The summed E-state index contributed by atoms with van der Waals surface area (Å²) in [6, 6.07) is 12.6. The van der Waals surface area contributed by atoms with E-state index in [4.69, 9.17) is 4.74 Å². The smallest absolute Gasteiger partial charge is 0.263 e. The molecule has 1 aromatic carbocycles. The van der Waals surface area contributed by atoms with Crippen LogP contribution in [-0.2, 0) is 14.8 Å². The number of piperazine rings is 1. The number of sulfonamides is 1. The predicted molar refractivity (Wildman–Crippen MR) is 101 cm³/mol. The lowest BCUT2D eigenvalue weighted by Crippen LogP contribution is -2.53. The number of hydrogen-bond donors (Lipinski definition) is 0. The number of amides is 1. The lowest BCUT2D eigenvalue weighted by Gasteiger charge is -2.35. The Hall–Kier alpha value is -1.90. The molecule has 1 saturated heterocycles. The van der Waals surface area contributed by atoms with E-state index >= 15 is 0 Å². The lowest BCUT2D eigenvalue weighted by molar-refractivity contribution is -0.140. The van der Waals surface area contributed by atoms with Gasteiger partial charge in [0, 0.05) is 26.2 Å². The van der Waals surface area contributed by atoms with Crippen molar-refractivity contribution in [1.82, 2.24) is 9.21 Å². The molecule has 2 heterocycles. The molecule has 0 saturated carbocycles. The number of benzene rings is 1. The van der Waals surface area contributed by atoms with Crippen LogP contribution in [0, 0.1) is 0 Å². The fourth-order valence-electron chi connectivity index (χ4n) is 2.86. The van der Waals surface area contributed by atoms with Crippen molar-refractivity contribution in [1.29, 1.82) is 0 Å². The van der Waals surface area contributed by atoms with Gasteiger partial charge in [0.1, 0.15) is 9.96 Å². The van der Waals surface area contributed by atoms with E-state index in [1.165, 1.54) is 15.6 Å². The van der Waals surface area contributed by atoms with Crippen molar-refractivity contribution < 1.29 is 17.9 Å². The molecule has 26 heavy (non-hydrogen) atoms. The van der Waals surface area contributed by atoms with Gasteiger partial charge in [-0.1, -0.05) is 31.2 Å². The largest absolute Gasteiger partial charge is 0.481 e. The van der Waals surface area contributed by atoms with Gasteiger partial charge in [-0.3, -0.25) is 4.79 Å². The van der Waals surface area contributed by atoms with Gasteiger partial charge in [-0.25, -0.2) is 8.42 Å². The quantitative estimate of drug-likeness (QED) is 0.755. The first-order valence-electron chi connectivity index (χ1n) is 8.56. The normalized spacial score (nSPS) is 17.0. The highest BCUT2D eigenvalue weighted by atomic mass is 32.2. The summed E-state index contributed by atoms with van der Waals surface area (Å²) in [4.78, 5) is 14.4. The number of thiophene rings is 1. The number of hydrogen-bond acceptors (Lipinski definition) is 5. The van der Waals surface area contributed by atoms with Crippen molar-refractivity contribution in [2.24, 2.45) is 0 Å². The zero-order valence-electron chi connectivity index (χ0n) is 14.6. The second-order valence-corrected chi connectivity index (χ2v) is 9.10. The number of para-hydroxylation sites is 1. The molecule has 0 spiro atoms. The van der Waals surface area contributed by atoms with Crippen LogP contribution >= 0.6 is 11.3 Å². The molecule has 1 amide bonds. The van der Waals surface area contributed by atoms with E-state index < -0.39 is 16.1 Å². The van der Waals surface area contributed by atoms with Crippen molar-refractivity contribution in [3.05, 3.63) is 47.8 Å². The first-order valence-corrected chi connectivity index (χ1v) is 10.9. The maximum atomic E-state index is 12.8. The summed E-state index contributed by atoms with van der Waals surface area (Å²) in [5.74, 6) is 0.566. The van der Waals surface area contributed by atoms with E-state index in [2.05, 4.69) is 0 Å². The highest BCUT2D eigenvalue weighted by molar-refractivity contribution is 7.91. The van der Waals surface area contributed by atoms with E-state index in [9.17, 15) is 13.2 Å². The van der Waals surface area contributed by atoms with Gasteiger partial charge in [0.2, 0.25) is 0 Å². The van der Waals surface area contributed by atoms with E-state index in [1.807, 2.05) is 37.3 Å². The molecular weight excluding hydrogens is 372 g/mol. The molecule has 0 aliphatic carbocycles. The Kier molecular flexibility index (Phi) is 5.95. The first-order chi connectivity index (χ1) is 12.5. The van der Waals surface area contributed by atoms with Gasteiger partial charge >= 0.3 is 0 Å². The van der Waals surface area contributed by atoms with E-state index in [0.29, 0.717) is 42.6 Å². The lowest BCUT2D eigenvalue weighted by atomic mass is 10.2. The van der Waals surface area contributed by atoms with Gasteiger partial charge < -0.3 is 9.64 Å². The highest BCUT2D eigenvalue weighted by Gasteiger charge is 2.33. The molecule has 0 radical (unpaired) electrons. The molecule has 1 aromatic heterocycles. The monoisotopic (exact) mass is 394 g/mol. The van der Waals surface area contributed by atoms with Gasteiger partial charge in [0.25, 0.3) is 15.9 Å². The van der Waals surface area contributed by atoms with Crippen molar-refractivity contribution >= 4 is 27.3 Å². The molecular formula is C18H22N2O4S2. The maximum absolute atomic E-state index is 12.8. The Morgan fingerprint density at radius 2 is 1.81 bits per heavy atom. The molecule has 1 fully saturated rings. The van der Waals surface area contributed by atoms with Crippen LogP contribution in [0.25, 0.3) is 0 Å². The number of carbonyl (C=O) groups is 1. The number of rotatable bonds is 6. The SMILES string of the molecule is CC[C@@H](Oc1ccccc1)C(=O)N1CCN(S(=O)(=O)c2cccs2)CC1. The van der Waals surface area contributed by atoms with Crippen LogP contribution in [0.4, 0.5) is 0 Å². The molecule has 8 heteroatoms. The van der Waals surface area contributed by atoms with Crippen LogP contribution in [0.5, 0.6) is 5.75 Å². The van der Waals surface area contributed by atoms with Crippen molar-refractivity contribution in [2.45, 2.75) is 23.7 Å². The second kappa shape index (κ2) is 8.20. The summed E-state index contributed by atoms with van der Waals surface area (Å²) in [5, 5.41) is 1.75. The van der Waals surface area contributed by atoms with Gasteiger partial charge in [0.15, 0.2) is 6.10 Å². The van der Waals surface area contributed by atoms with E-state index in [-0.39, 0.29) is 5.91 Å². The van der Waals surface area contributed by atoms with Crippen molar-refractivity contribution in [3.8, 4) is 5.75 Å². The molecule has 0 unspecified atom stereocenters. The molecule has 6 nitrogen and oxygen atoms in total. The Morgan fingerprint density at radius 1 is 1.12 bits per heavy atom. The average Bonchev–Trinajstić information content (AvgIpc) is 3.22. The molecule has 1 aliphatic rings. The minimum absolute atomic E-state index is 0.0930. The third kappa shape index (κ3) is 4.08. The molecule has 2 aromatic rings. The second-order valence-electron chi connectivity index (χ2n) is 5.99. The van der Waals surface area contributed by atoms with E-state index in [1.54, 1.807) is 22.4 Å². The number of nitrogens with zero attached hydrogens (tertiary/aromatic N) is 2. The molecule has 0 bridgehead atoms. The fraction of sp³-hybridized carbons (Fsp3) is 0.389. The Morgan fingerprint density at radius 3 is 2.38 bits per heavy atom. The summed E-state index contributed by atoms with van der Waals surface area (Å²) in [7, 11) is -3.46. The molecule has 1 atom stereocenters. The molecule has 140 valence electrons. The molecule has 3 rings (SSSR count). The first kappa shape index (κ1) is 18.9. The third-order valence-electron chi connectivity index (χ3n) is 4.31. The van der Waals surface area contributed by atoms with Gasteiger partial charge in [-0.2, -0.15) is 4.31 Å². The topological polar surface area (TPSA) is 66.9 Å². The molecule has 1 aliphatic heterocycles. The van der Waals surface area contributed by atoms with E-state index in [0.717, 1.165) is 0 Å². The predicted octanol–water partition coefficient (Wildman–Crippen LogP) is 2.44. The standard InChI is InChI=1S/C18H22N2O4S2/c1-2-16(24-15-7-4-3-5-8-15)18(21)19-10-12-20(13-11-19)26(22,23)17-9-6-14-25-17/h3-9,14,16H,2,10-13H2,1H3/t16-/m1/s1. The van der Waals surface area contributed by atoms with Crippen LogP contribution < -0.4 is 4.74 Å². The summed E-state index contributed by atoms with van der Waals surface area (Å²) in [5.41, 5.74) is 0. The molecule has 0 N–H and O–H groups in total. The third-order valence-corrected chi connectivity index (χ3v) is 7.58. The van der Waals surface area contributed by atoms with Gasteiger partial charge in [-0.15, -0.1) is 11.3 Å². The van der Waals surface area contributed by atoms with Gasteiger partial charge in [-0.05, 0) is 30.0 Å². The minimum atomic E-state index is -3.46. The van der Waals surface area contributed by atoms with Gasteiger partial charge in [0.05, 0.1) is 0 Å². The Labute approximate surface area is 158 Å². The van der Waals surface area contributed by atoms with Crippen molar-refractivity contribution in [3.63, 3.8) is 0 Å². The Balaban J connectivity index is 1.61. The zero-order chi connectivity index (χ0) is 18.6. The van der Waals surface area contributed by atoms with Crippen LogP contribution in [0.3, 0.4) is 0 Å². The summed E-state index contributed by atoms with van der Waals surface area (Å²) in [6.45, 7) is 3.25. The maximum Gasteiger partial charge on any atom is 0.263 e. The number of ether oxygens (including phenoxy) is 1. The average molecular weight is 395 g/mol. The Bertz CT molecular complexity index is 814. The van der Waals surface area contributed by atoms with Crippen LogP contribution in [-0.4, -0.2) is 55.8 Å². The van der Waals surface area contributed by atoms with Crippen LogP contribution in [0.1, 0.15) is 13.3 Å². The number of carbonyl (C=O) groups excluding carboxylic acids is 1. The van der Waals surface area contributed by atoms with Crippen LogP contribution in [0.15, 0.2) is 52.1 Å². The summed E-state index contributed by atoms with van der Waals surface area (Å²) >= 11 is 1.21. The highest BCUT2D eigenvalue weighted by Crippen LogP contribution is 2.22. The minimum Gasteiger partial charge on any atom is -0.481 e.